The SMILES string of the molecule is CC(=O)CCCC(=O)O.O=C(O)CCC(=O)C(=O)O. The molecule has 3 N–H and O–H groups in total. The van der Waals surface area contributed by atoms with E-state index < -0.39 is 36.5 Å². The Kier molecular flexibility index (Phi) is 10.9. The van der Waals surface area contributed by atoms with E-state index >= 15 is 0 Å². The molecule has 0 unspecified atom stereocenters. The predicted molar refractivity (Wildman–Crippen MR) is 61.7 cm³/mol. The van der Waals surface area contributed by atoms with Gasteiger partial charge in [-0.05, 0) is 13.3 Å². The number of carboxylic acid groups (broad SMARTS) is 3. The van der Waals surface area contributed by atoms with E-state index in [0.717, 1.165) is 0 Å². The van der Waals surface area contributed by atoms with Gasteiger partial charge in [-0.1, -0.05) is 0 Å². The van der Waals surface area contributed by atoms with E-state index in [4.69, 9.17) is 15.3 Å². The molecule has 0 saturated heterocycles. The number of hydrogen-bond acceptors (Lipinski definition) is 5. The molecule has 0 fully saturated rings. The van der Waals surface area contributed by atoms with Crippen molar-refractivity contribution >= 4 is 29.5 Å². The van der Waals surface area contributed by atoms with Gasteiger partial charge in [0.1, 0.15) is 5.78 Å². The Labute approximate surface area is 109 Å². The molecule has 0 aromatic rings. The summed E-state index contributed by atoms with van der Waals surface area (Å²) in [7, 11) is 0. The van der Waals surface area contributed by atoms with E-state index in [-0.39, 0.29) is 12.2 Å². The molecular formula is C11H16O8. The van der Waals surface area contributed by atoms with Crippen molar-refractivity contribution in [1.82, 2.24) is 0 Å². The third-order valence-corrected chi connectivity index (χ3v) is 1.72. The fourth-order valence-corrected chi connectivity index (χ4v) is 0.816. The Morgan fingerprint density at radius 2 is 1.21 bits per heavy atom. The summed E-state index contributed by atoms with van der Waals surface area (Å²) < 4.78 is 0. The maximum atomic E-state index is 10.2. The number of carboxylic acids is 3. The summed E-state index contributed by atoms with van der Waals surface area (Å²) in [6.07, 6.45) is 0.0757. The fraction of sp³-hybridized carbons (Fsp3) is 0.545. The largest absolute Gasteiger partial charge is 0.481 e. The summed E-state index contributed by atoms with van der Waals surface area (Å²) in [6.45, 7) is 1.46. The summed E-state index contributed by atoms with van der Waals surface area (Å²) in [6, 6.07) is 0. The van der Waals surface area contributed by atoms with Crippen molar-refractivity contribution in [3.63, 3.8) is 0 Å². The standard InChI is InChI=1S/C6H10O3.C5H6O5/c1-5(7)3-2-4-6(8)9;6-3(5(9)10)1-2-4(7)8/h2-4H2,1H3,(H,8,9);1-2H2,(H,7,8)(H,9,10). The Bertz CT molecular complexity index is 344. The van der Waals surface area contributed by atoms with E-state index in [1.54, 1.807) is 0 Å². The molecule has 0 saturated carbocycles. The summed E-state index contributed by atoms with van der Waals surface area (Å²) in [5.74, 6) is -4.61. The van der Waals surface area contributed by atoms with Crippen molar-refractivity contribution in [2.75, 3.05) is 0 Å². The van der Waals surface area contributed by atoms with Crippen LogP contribution in [0.2, 0.25) is 0 Å². The molecule has 0 aliphatic carbocycles. The van der Waals surface area contributed by atoms with Crippen LogP contribution in [0, 0.1) is 0 Å². The molecule has 8 nitrogen and oxygen atoms in total. The first kappa shape index (κ1) is 19.1. The zero-order chi connectivity index (χ0) is 15.4. The van der Waals surface area contributed by atoms with E-state index in [1.807, 2.05) is 0 Å². The van der Waals surface area contributed by atoms with Crippen molar-refractivity contribution in [2.24, 2.45) is 0 Å². The monoisotopic (exact) mass is 276 g/mol. The zero-order valence-electron chi connectivity index (χ0n) is 10.4. The normalized spacial score (nSPS) is 8.89. The smallest absolute Gasteiger partial charge is 0.372 e. The third kappa shape index (κ3) is 18.3. The van der Waals surface area contributed by atoms with Crippen molar-refractivity contribution < 1.29 is 39.3 Å². The molecule has 8 heteroatoms. The molecule has 0 radical (unpaired) electrons. The van der Waals surface area contributed by atoms with Gasteiger partial charge in [0.05, 0.1) is 6.42 Å². The average Bonchev–Trinajstić information content (AvgIpc) is 2.25. The Morgan fingerprint density at radius 1 is 0.737 bits per heavy atom. The lowest BCUT2D eigenvalue weighted by molar-refractivity contribution is -0.149. The summed E-state index contributed by atoms with van der Waals surface area (Å²) >= 11 is 0. The van der Waals surface area contributed by atoms with Gasteiger partial charge in [0.2, 0.25) is 5.78 Å². The number of aliphatic carboxylic acids is 3. The Morgan fingerprint density at radius 3 is 1.53 bits per heavy atom. The van der Waals surface area contributed by atoms with Gasteiger partial charge >= 0.3 is 17.9 Å². The molecule has 0 aromatic heterocycles. The van der Waals surface area contributed by atoms with Gasteiger partial charge in [0.15, 0.2) is 0 Å². The van der Waals surface area contributed by atoms with Gasteiger partial charge in [-0.15, -0.1) is 0 Å². The lowest BCUT2D eigenvalue weighted by atomic mass is 10.2. The number of ketones is 2. The van der Waals surface area contributed by atoms with Crippen molar-refractivity contribution in [1.29, 1.82) is 0 Å². The minimum Gasteiger partial charge on any atom is -0.481 e. The number of hydrogen-bond donors (Lipinski definition) is 3. The van der Waals surface area contributed by atoms with Gasteiger partial charge in [0, 0.05) is 19.3 Å². The highest BCUT2D eigenvalue weighted by atomic mass is 16.4. The first-order valence-electron chi connectivity index (χ1n) is 5.36. The van der Waals surface area contributed by atoms with E-state index in [9.17, 15) is 24.0 Å². The highest BCUT2D eigenvalue weighted by Crippen LogP contribution is 1.94. The van der Waals surface area contributed by atoms with Crippen LogP contribution < -0.4 is 0 Å². The van der Waals surface area contributed by atoms with Crippen LogP contribution in [-0.4, -0.2) is 44.8 Å². The van der Waals surface area contributed by atoms with Crippen LogP contribution in [0.4, 0.5) is 0 Å². The maximum Gasteiger partial charge on any atom is 0.372 e. The lowest BCUT2D eigenvalue weighted by Crippen LogP contribution is -2.13. The number of carbonyl (C=O) groups is 5. The van der Waals surface area contributed by atoms with Crippen LogP contribution >= 0.6 is 0 Å². The van der Waals surface area contributed by atoms with E-state index in [0.29, 0.717) is 12.8 Å². The second-order valence-corrected chi connectivity index (χ2v) is 3.57. The fourth-order valence-electron chi connectivity index (χ4n) is 0.816. The summed E-state index contributed by atoms with van der Waals surface area (Å²) in [5, 5.41) is 24.1. The molecule has 0 bridgehead atoms. The molecule has 19 heavy (non-hydrogen) atoms. The van der Waals surface area contributed by atoms with Crippen molar-refractivity contribution in [3.05, 3.63) is 0 Å². The average molecular weight is 276 g/mol. The first-order chi connectivity index (χ1) is 8.66. The van der Waals surface area contributed by atoms with Crippen LogP contribution in [0.1, 0.15) is 39.0 Å². The molecule has 0 heterocycles. The van der Waals surface area contributed by atoms with E-state index in [1.165, 1.54) is 6.92 Å². The Balaban J connectivity index is 0. The highest BCUT2D eigenvalue weighted by Gasteiger charge is 2.12. The molecule has 0 spiro atoms. The van der Waals surface area contributed by atoms with Gasteiger partial charge < -0.3 is 20.1 Å². The topological polar surface area (TPSA) is 146 Å². The second-order valence-electron chi connectivity index (χ2n) is 3.57. The lowest BCUT2D eigenvalue weighted by Gasteiger charge is -1.89. The number of carbonyl (C=O) groups excluding carboxylic acids is 2. The quantitative estimate of drug-likeness (QED) is 0.537. The second kappa shape index (κ2) is 10.9. The van der Waals surface area contributed by atoms with Gasteiger partial charge in [0.25, 0.3) is 0 Å². The minimum atomic E-state index is -1.58. The zero-order valence-corrected chi connectivity index (χ0v) is 10.4. The van der Waals surface area contributed by atoms with Gasteiger partial charge in [-0.2, -0.15) is 0 Å². The summed E-state index contributed by atoms with van der Waals surface area (Å²) in [5.41, 5.74) is 0. The molecule has 0 rings (SSSR count). The third-order valence-electron chi connectivity index (χ3n) is 1.72. The molecule has 0 aromatic carbocycles. The molecular weight excluding hydrogens is 260 g/mol. The highest BCUT2D eigenvalue weighted by molar-refractivity contribution is 6.32. The predicted octanol–water partition coefficient (Wildman–Crippen LogP) is 0.335. The van der Waals surface area contributed by atoms with Crippen LogP contribution in [0.15, 0.2) is 0 Å². The summed E-state index contributed by atoms with van der Waals surface area (Å²) in [4.78, 5) is 49.8. The van der Waals surface area contributed by atoms with Crippen LogP contribution in [0.5, 0.6) is 0 Å². The van der Waals surface area contributed by atoms with Crippen molar-refractivity contribution in [2.45, 2.75) is 39.0 Å². The molecule has 108 valence electrons. The maximum absolute atomic E-state index is 10.2. The Hall–Kier alpha value is -2.25. The van der Waals surface area contributed by atoms with Crippen LogP contribution in [-0.2, 0) is 24.0 Å². The molecule has 0 aliphatic heterocycles. The van der Waals surface area contributed by atoms with Crippen LogP contribution in [0.3, 0.4) is 0 Å². The minimum absolute atomic E-state index is 0.0521. The molecule has 0 amide bonds. The van der Waals surface area contributed by atoms with Gasteiger partial charge in [-0.3, -0.25) is 14.4 Å². The van der Waals surface area contributed by atoms with E-state index in [2.05, 4.69) is 0 Å². The van der Waals surface area contributed by atoms with Crippen molar-refractivity contribution in [3.8, 4) is 0 Å². The van der Waals surface area contributed by atoms with Crippen LogP contribution in [0.25, 0.3) is 0 Å². The molecule has 0 atom stereocenters. The first-order valence-corrected chi connectivity index (χ1v) is 5.36. The number of rotatable bonds is 8. The number of Topliss-reactive ketones (excluding diaryl/α,β-unsaturated/α-hetero) is 2. The van der Waals surface area contributed by atoms with Gasteiger partial charge in [-0.25, -0.2) is 4.79 Å². The molecule has 0 aliphatic rings.